The quantitative estimate of drug-likeness (QED) is 0.673. The molecule has 2 aromatic carbocycles. The zero-order valence-corrected chi connectivity index (χ0v) is 12.3. The summed E-state index contributed by atoms with van der Waals surface area (Å²) in [6.07, 6.45) is 0. The lowest BCUT2D eigenvalue weighted by molar-refractivity contribution is 0.201. The van der Waals surface area contributed by atoms with Gasteiger partial charge in [-0.25, -0.2) is 0 Å². The van der Waals surface area contributed by atoms with Gasteiger partial charge in [0.25, 0.3) is 0 Å². The van der Waals surface area contributed by atoms with Crippen LogP contribution in [0.2, 0.25) is 0 Å². The number of rotatable bonds is 6. The molecule has 1 aromatic heterocycles. The van der Waals surface area contributed by atoms with E-state index < -0.39 is 0 Å². The van der Waals surface area contributed by atoms with Crippen molar-refractivity contribution in [1.29, 1.82) is 0 Å². The van der Waals surface area contributed by atoms with Crippen molar-refractivity contribution < 1.29 is 24.1 Å². The predicted molar refractivity (Wildman–Crippen MR) is 85.2 cm³/mol. The molecule has 3 aromatic rings. The Labute approximate surface area is 131 Å². The second-order valence-electron chi connectivity index (χ2n) is 4.86. The maximum atomic E-state index is 12.7. The van der Waals surface area contributed by atoms with Crippen molar-refractivity contribution >= 4 is 21.9 Å². The third-order valence-corrected chi connectivity index (χ3v) is 3.34. The van der Waals surface area contributed by atoms with Crippen LogP contribution in [0.15, 0.2) is 45.6 Å². The van der Waals surface area contributed by atoms with E-state index in [1.54, 1.807) is 36.4 Å². The second-order valence-corrected chi connectivity index (χ2v) is 4.86. The summed E-state index contributed by atoms with van der Waals surface area (Å²) in [7, 11) is 0. The Morgan fingerprint density at radius 1 is 0.957 bits per heavy atom. The molecular weight excluding hydrogens is 300 g/mol. The number of ether oxygens (including phenoxy) is 2. The van der Waals surface area contributed by atoms with Crippen LogP contribution in [-0.2, 0) is 0 Å². The van der Waals surface area contributed by atoms with E-state index in [2.05, 4.69) is 0 Å². The zero-order chi connectivity index (χ0) is 16.2. The average Bonchev–Trinajstić information content (AvgIpc) is 2.57. The molecule has 1 heterocycles. The molecule has 0 bridgehead atoms. The smallest absolute Gasteiger partial charge is 0.204 e. The molecule has 0 atom stereocenters. The molecule has 0 aliphatic rings. The second kappa shape index (κ2) is 6.68. The molecule has 0 fully saturated rings. The number of fused-ring (bicyclic) bond motifs is 2. The van der Waals surface area contributed by atoms with Crippen LogP contribution in [0.5, 0.6) is 11.5 Å². The highest BCUT2D eigenvalue weighted by Gasteiger charge is 2.13. The van der Waals surface area contributed by atoms with Crippen molar-refractivity contribution in [2.24, 2.45) is 0 Å². The Hall–Kier alpha value is -2.57. The first-order valence-corrected chi connectivity index (χ1v) is 7.21. The van der Waals surface area contributed by atoms with Crippen molar-refractivity contribution in [2.75, 3.05) is 26.4 Å². The maximum Gasteiger partial charge on any atom is 0.204 e. The van der Waals surface area contributed by atoms with Crippen molar-refractivity contribution in [3.63, 3.8) is 0 Å². The normalized spacial score (nSPS) is 11.0. The van der Waals surface area contributed by atoms with Gasteiger partial charge in [-0.2, -0.15) is 0 Å². The molecule has 0 radical (unpaired) electrons. The molecule has 0 saturated heterocycles. The monoisotopic (exact) mass is 316 g/mol. The molecule has 3 rings (SSSR count). The number of hydrogen-bond acceptors (Lipinski definition) is 6. The molecule has 0 unspecified atom stereocenters. The number of benzene rings is 2. The van der Waals surface area contributed by atoms with Crippen LogP contribution in [0.3, 0.4) is 0 Å². The third-order valence-electron chi connectivity index (χ3n) is 3.34. The lowest BCUT2D eigenvalue weighted by atomic mass is 10.1. The molecular formula is C17H16O6. The minimum atomic E-state index is -0.205. The van der Waals surface area contributed by atoms with E-state index in [9.17, 15) is 4.79 Å². The number of hydrogen-bond donors (Lipinski definition) is 2. The van der Waals surface area contributed by atoms with E-state index in [1.807, 2.05) is 0 Å². The fraction of sp³-hybridized carbons (Fsp3) is 0.235. The summed E-state index contributed by atoms with van der Waals surface area (Å²) >= 11 is 0. The van der Waals surface area contributed by atoms with E-state index >= 15 is 0 Å². The highest BCUT2D eigenvalue weighted by molar-refractivity contribution is 5.93. The van der Waals surface area contributed by atoms with E-state index in [0.717, 1.165) is 0 Å². The lowest BCUT2D eigenvalue weighted by Gasteiger charge is -2.09. The Morgan fingerprint density at radius 3 is 2.52 bits per heavy atom. The summed E-state index contributed by atoms with van der Waals surface area (Å²) in [5.74, 6) is 0.898. The van der Waals surface area contributed by atoms with Crippen LogP contribution in [0, 0.1) is 0 Å². The van der Waals surface area contributed by atoms with E-state index in [-0.39, 0.29) is 31.9 Å². The fourth-order valence-corrected chi connectivity index (χ4v) is 2.38. The Bertz CT molecular complexity index is 883. The minimum Gasteiger partial charge on any atom is -0.491 e. The van der Waals surface area contributed by atoms with Gasteiger partial charge < -0.3 is 24.1 Å². The van der Waals surface area contributed by atoms with Gasteiger partial charge in [-0.1, -0.05) is 6.07 Å². The SMILES string of the molecule is O=c1c2ccc(OCCO)cc2oc2cccc(OCCO)c12. The van der Waals surface area contributed by atoms with Crippen LogP contribution in [0.25, 0.3) is 21.9 Å². The number of aliphatic hydroxyl groups excluding tert-OH is 2. The van der Waals surface area contributed by atoms with Crippen molar-refractivity contribution in [2.45, 2.75) is 0 Å². The molecule has 2 N–H and O–H groups in total. The topological polar surface area (TPSA) is 89.1 Å². The van der Waals surface area contributed by atoms with Gasteiger partial charge in [0.2, 0.25) is 5.43 Å². The predicted octanol–water partition coefficient (Wildman–Crippen LogP) is 1.69. The lowest BCUT2D eigenvalue weighted by Crippen LogP contribution is -2.08. The van der Waals surface area contributed by atoms with Gasteiger partial charge in [0, 0.05) is 6.07 Å². The zero-order valence-electron chi connectivity index (χ0n) is 12.3. The molecule has 23 heavy (non-hydrogen) atoms. The largest absolute Gasteiger partial charge is 0.491 e. The molecule has 0 amide bonds. The van der Waals surface area contributed by atoms with Gasteiger partial charge in [-0.15, -0.1) is 0 Å². The van der Waals surface area contributed by atoms with Crippen LogP contribution >= 0.6 is 0 Å². The molecule has 6 heteroatoms. The molecule has 0 spiro atoms. The van der Waals surface area contributed by atoms with Gasteiger partial charge in [-0.05, 0) is 24.3 Å². The molecule has 6 nitrogen and oxygen atoms in total. The van der Waals surface area contributed by atoms with Crippen LogP contribution in [0.1, 0.15) is 0 Å². The van der Waals surface area contributed by atoms with Gasteiger partial charge in [-0.3, -0.25) is 4.79 Å². The van der Waals surface area contributed by atoms with Crippen molar-refractivity contribution in [1.82, 2.24) is 0 Å². The van der Waals surface area contributed by atoms with Gasteiger partial charge in [0.15, 0.2) is 0 Å². The summed E-state index contributed by atoms with van der Waals surface area (Å²) in [6, 6.07) is 9.96. The van der Waals surface area contributed by atoms with Gasteiger partial charge in [0.05, 0.1) is 18.6 Å². The van der Waals surface area contributed by atoms with Crippen LogP contribution in [-0.4, -0.2) is 36.6 Å². The highest BCUT2D eigenvalue weighted by atomic mass is 16.5. The van der Waals surface area contributed by atoms with E-state index in [1.165, 1.54) is 0 Å². The summed E-state index contributed by atoms with van der Waals surface area (Å²) in [6.45, 7) is 0.0408. The van der Waals surface area contributed by atoms with Crippen molar-refractivity contribution in [3.05, 3.63) is 46.6 Å². The summed E-state index contributed by atoms with van der Waals surface area (Å²) < 4.78 is 16.5. The molecule has 120 valence electrons. The Kier molecular flexibility index (Phi) is 4.45. The van der Waals surface area contributed by atoms with Gasteiger partial charge >= 0.3 is 0 Å². The molecule has 0 aliphatic heterocycles. The first-order chi connectivity index (χ1) is 11.2. The first kappa shape index (κ1) is 15.3. The van der Waals surface area contributed by atoms with E-state index in [0.29, 0.717) is 33.4 Å². The minimum absolute atomic E-state index is 0.0920. The molecule has 0 saturated carbocycles. The third kappa shape index (κ3) is 2.99. The maximum absolute atomic E-state index is 12.7. The Morgan fingerprint density at radius 2 is 1.74 bits per heavy atom. The summed E-state index contributed by atoms with van der Waals surface area (Å²) in [4.78, 5) is 12.7. The first-order valence-electron chi connectivity index (χ1n) is 7.21. The molecule has 0 aliphatic carbocycles. The van der Waals surface area contributed by atoms with Gasteiger partial charge in [0.1, 0.15) is 41.3 Å². The average molecular weight is 316 g/mol. The highest BCUT2D eigenvalue weighted by Crippen LogP contribution is 2.27. The summed E-state index contributed by atoms with van der Waals surface area (Å²) in [5, 5.41) is 18.4. The number of aliphatic hydroxyl groups is 2. The van der Waals surface area contributed by atoms with Crippen LogP contribution < -0.4 is 14.9 Å². The van der Waals surface area contributed by atoms with Crippen molar-refractivity contribution in [3.8, 4) is 11.5 Å². The Balaban J connectivity index is 2.16. The van der Waals surface area contributed by atoms with E-state index in [4.69, 9.17) is 24.1 Å². The summed E-state index contributed by atoms with van der Waals surface area (Å²) in [5.41, 5.74) is 0.595. The van der Waals surface area contributed by atoms with Crippen LogP contribution in [0.4, 0.5) is 0 Å². The fourth-order valence-electron chi connectivity index (χ4n) is 2.38. The standard InChI is InChI=1S/C17H16O6/c18-6-8-21-11-4-5-12-15(10-11)23-14-3-1-2-13(22-9-7-19)16(14)17(12)20/h1-5,10,18-19H,6-9H2.